The minimum absolute atomic E-state index is 1.10. The molecule has 0 fully saturated rings. The van der Waals surface area contributed by atoms with E-state index >= 15 is 0 Å². The van der Waals surface area contributed by atoms with Crippen molar-refractivity contribution in [3.63, 3.8) is 0 Å². The van der Waals surface area contributed by atoms with Crippen molar-refractivity contribution in [2.24, 2.45) is 0 Å². The van der Waals surface area contributed by atoms with Gasteiger partial charge in [0.1, 0.15) is 0 Å². The van der Waals surface area contributed by atoms with Gasteiger partial charge in [0.05, 0.1) is 16.7 Å². The zero-order chi connectivity index (χ0) is 31.9. The quantitative estimate of drug-likeness (QED) is 0.181. The summed E-state index contributed by atoms with van der Waals surface area (Å²) in [4.78, 5) is 2.45. The first-order valence-corrected chi connectivity index (χ1v) is 16.4. The lowest BCUT2D eigenvalue weighted by atomic mass is 9.96. The summed E-state index contributed by atoms with van der Waals surface area (Å²) in [6.07, 6.45) is 0. The predicted octanol–water partition coefficient (Wildman–Crippen LogP) is 12.7. The predicted molar refractivity (Wildman–Crippen MR) is 204 cm³/mol. The van der Waals surface area contributed by atoms with Crippen LogP contribution in [-0.2, 0) is 0 Å². The van der Waals surface area contributed by atoms with E-state index in [-0.39, 0.29) is 0 Å². The van der Waals surface area contributed by atoms with Gasteiger partial charge in [-0.2, -0.15) is 0 Å². The van der Waals surface area contributed by atoms with Crippen molar-refractivity contribution < 1.29 is 0 Å². The molecule has 48 heavy (non-hydrogen) atoms. The highest BCUT2D eigenvalue weighted by Gasteiger charge is 2.22. The summed E-state index contributed by atoms with van der Waals surface area (Å²) in [6.45, 7) is 0. The molecule has 0 N–H and O–H groups in total. The molecular formula is C46H32N2. The van der Waals surface area contributed by atoms with Crippen LogP contribution < -0.4 is 4.90 Å². The monoisotopic (exact) mass is 612 g/mol. The Kier molecular flexibility index (Phi) is 6.84. The van der Waals surface area contributed by atoms with E-state index in [2.05, 4.69) is 204 Å². The molecule has 0 spiro atoms. The van der Waals surface area contributed by atoms with Crippen molar-refractivity contribution in [2.45, 2.75) is 0 Å². The smallest absolute Gasteiger partial charge is 0.0618 e. The fourth-order valence-corrected chi connectivity index (χ4v) is 7.14. The highest BCUT2D eigenvalue weighted by Crippen LogP contribution is 2.46. The number of nitrogens with zero attached hydrogens (tertiary/aromatic N) is 2. The number of benzene rings is 8. The van der Waals surface area contributed by atoms with Gasteiger partial charge in [0, 0.05) is 38.8 Å². The molecule has 0 atom stereocenters. The van der Waals surface area contributed by atoms with Crippen molar-refractivity contribution in [3.8, 4) is 27.9 Å². The first-order chi connectivity index (χ1) is 23.8. The van der Waals surface area contributed by atoms with Gasteiger partial charge in [0.2, 0.25) is 0 Å². The maximum Gasteiger partial charge on any atom is 0.0618 e. The molecule has 0 radical (unpaired) electrons. The Balaban J connectivity index is 1.35. The number of fused-ring (bicyclic) bond motifs is 4. The largest absolute Gasteiger partial charge is 0.309 e. The van der Waals surface area contributed by atoms with Crippen LogP contribution in [-0.4, -0.2) is 4.57 Å². The zero-order valence-corrected chi connectivity index (χ0v) is 26.4. The minimum Gasteiger partial charge on any atom is -0.309 e. The van der Waals surface area contributed by atoms with Crippen LogP contribution in [0.5, 0.6) is 0 Å². The number of anilines is 3. The Bertz CT molecular complexity index is 2530. The molecule has 0 saturated heterocycles. The van der Waals surface area contributed by atoms with E-state index in [0.29, 0.717) is 0 Å². The van der Waals surface area contributed by atoms with Gasteiger partial charge in [-0.15, -0.1) is 0 Å². The Morgan fingerprint density at radius 1 is 0.354 bits per heavy atom. The van der Waals surface area contributed by atoms with Gasteiger partial charge < -0.3 is 9.47 Å². The van der Waals surface area contributed by atoms with Gasteiger partial charge in [-0.25, -0.2) is 0 Å². The van der Waals surface area contributed by atoms with E-state index in [1.807, 2.05) is 0 Å². The second-order valence-electron chi connectivity index (χ2n) is 12.2. The van der Waals surface area contributed by atoms with E-state index in [4.69, 9.17) is 0 Å². The van der Waals surface area contributed by atoms with Crippen LogP contribution in [0.2, 0.25) is 0 Å². The molecule has 2 heteroatoms. The van der Waals surface area contributed by atoms with Gasteiger partial charge in [0.15, 0.2) is 0 Å². The van der Waals surface area contributed by atoms with Gasteiger partial charge >= 0.3 is 0 Å². The normalized spacial score (nSPS) is 11.3. The lowest BCUT2D eigenvalue weighted by molar-refractivity contribution is 1.18. The van der Waals surface area contributed by atoms with Crippen LogP contribution in [0.1, 0.15) is 0 Å². The number of hydrogen-bond acceptors (Lipinski definition) is 1. The standard InChI is InChI=1S/C46H32N2/c1-4-14-33(15-5-1)34-24-27-38(28-25-34)47(46-40-21-11-10-18-36(40)26-30-41(46)35-16-6-2-7-17-35)39-29-31-43-42-22-12-13-23-44(42)48(45(43)32-39)37-19-8-3-9-20-37/h1-32H. The van der Waals surface area contributed by atoms with E-state index in [1.54, 1.807) is 0 Å². The lowest BCUT2D eigenvalue weighted by Gasteiger charge is -2.30. The number of hydrogen-bond donors (Lipinski definition) is 0. The molecule has 0 aliphatic heterocycles. The third kappa shape index (κ3) is 4.74. The van der Waals surface area contributed by atoms with E-state index in [1.165, 1.54) is 54.8 Å². The van der Waals surface area contributed by atoms with Crippen LogP contribution in [0.25, 0.3) is 60.5 Å². The van der Waals surface area contributed by atoms with Crippen molar-refractivity contribution in [3.05, 3.63) is 194 Å². The van der Waals surface area contributed by atoms with Gasteiger partial charge in [-0.05, 0) is 64.5 Å². The van der Waals surface area contributed by atoms with E-state index < -0.39 is 0 Å². The molecular weight excluding hydrogens is 581 g/mol. The highest BCUT2D eigenvalue weighted by atomic mass is 15.1. The molecule has 1 heterocycles. The van der Waals surface area contributed by atoms with E-state index in [9.17, 15) is 0 Å². The van der Waals surface area contributed by atoms with Crippen LogP contribution >= 0.6 is 0 Å². The third-order valence-electron chi connectivity index (χ3n) is 9.37. The molecule has 0 unspecified atom stereocenters. The summed E-state index contributed by atoms with van der Waals surface area (Å²) in [6, 6.07) is 69.9. The molecule has 2 nitrogen and oxygen atoms in total. The highest BCUT2D eigenvalue weighted by molar-refractivity contribution is 6.12. The van der Waals surface area contributed by atoms with Crippen molar-refractivity contribution in [1.82, 2.24) is 4.57 Å². The molecule has 226 valence electrons. The van der Waals surface area contributed by atoms with Crippen LogP contribution in [0.3, 0.4) is 0 Å². The second kappa shape index (κ2) is 11.8. The number of rotatable bonds is 6. The topological polar surface area (TPSA) is 8.17 Å². The maximum atomic E-state index is 2.45. The number of para-hydroxylation sites is 2. The fourth-order valence-electron chi connectivity index (χ4n) is 7.14. The molecule has 8 aromatic carbocycles. The first kappa shape index (κ1) is 27.9. The molecule has 0 aliphatic rings. The Morgan fingerprint density at radius 2 is 0.917 bits per heavy atom. The first-order valence-electron chi connectivity index (χ1n) is 16.4. The summed E-state index contributed by atoms with van der Waals surface area (Å²) in [5.74, 6) is 0. The summed E-state index contributed by atoms with van der Waals surface area (Å²) in [5.41, 5.74) is 11.7. The van der Waals surface area contributed by atoms with Crippen LogP contribution in [0.15, 0.2) is 194 Å². The molecule has 9 rings (SSSR count). The Labute approximate surface area is 280 Å². The SMILES string of the molecule is c1ccc(-c2ccc(N(c3ccc4c5ccccc5n(-c5ccccc5)c4c3)c3c(-c4ccccc4)ccc4ccccc34)cc2)cc1. The van der Waals surface area contributed by atoms with Gasteiger partial charge in [0.25, 0.3) is 0 Å². The molecule has 9 aromatic rings. The average molecular weight is 613 g/mol. The minimum atomic E-state index is 1.10. The van der Waals surface area contributed by atoms with Crippen LogP contribution in [0, 0.1) is 0 Å². The van der Waals surface area contributed by atoms with E-state index in [0.717, 1.165) is 22.7 Å². The maximum absolute atomic E-state index is 2.45. The summed E-state index contributed by atoms with van der Waals surface area (Å²) in [7, 11) is 0. The third-order valence-corrected chi connectivity index (χ3v) is 9.37. The molecule has 1 aromatic heterocycles. The van der Waals surface area contributed by atoms with Crippen molar-refractivity contribution >= 4 is 49.6 Å². The fraction of sp³-hybridized carbons (Fsp3) is 0. The summed E-state index contributed by atoms with van der Waals surface area (Å²) >= 11 is 0. The second-order valence-corrected chi connectivity index (χ2v) is 12.2. The van der Waals surface area contributed by atoms with Crippen molar-refractivity contribution in [1.29, 1.82) is 0 Å². The molecule has 0 saturated carbocycles. The summed E-state index contributed by atoms with van der Waals surface area (Å²) in [5, 5.41) is 4.89. The average Bonchev–Trinajstić information content (AvgIpc) is 3.50. The number of aromatic nitrogens is 1. The van der Waals surface area contributed by atoms with Crippen molar-refractivity contribution in [2.75, 3.05) is 4.90 Å². The Hall–Kier alpha value is -6.38. The lowest BCUT2D eigenvalue weighted by Crippen LogP contribution is -2.12. The Morgan fingerprint density at radius 3 is 1.67 bits per heavy atom. The molecule has 0 aliphatic carbocycles. The van der Waals surface area contributed by atoms with Gasteiger partial charge in [-0.3, -0.25) is 0 Å². The molecule has 0 bridgehead atoms. The zero-order valence-electron chi connectivity index (χ0n) is 26.4. The van der Waals surface area contributed by atoms with Crippen LogP contribution in [0.4, 0.5) is 17.1 Å². The van der Waals surface area contributed by atoms with Gasteiger partial charge in [-0.1, -0.05) is 152 Å². The molecule has 0 amide bonds. The summed E-state index contributed by atoms with van der Waals surface area (Å²) < 4.78 is 2.39.